The number of aryl methyl sites for hydroxylation is 2. The van der Waals surface area contributed by atoms with Crippen LogP contribution in [0.1, 0.15) is 90.0 Å². The molecule has 3 heterocycles. The Morgan fingerprint density at radius 2 is 1.49 bits per heavy atom. The van der Waals surface area contributed by atoms with E-state index < -0.39 is 0 Å². The van der Waals surface area contributed by atoms with Crippen LogP contribution in [0.2, 0.25) is 0 Å². The standard InChI is InChI=1S/C37H45N2/c1-10-36(9)29-18-14-17-27-28-21-26(22-35(6,7)8)19-20-30(28)39-31(32-24(4)15-13-16-25(32)5)23-38(34(39)33(27)29)37(36,11-2)12-3/h13-21,23H,10-12,22H2,1-9H3/q+1. The zero-order valence-electron chi connectivity index (χ0n) is 25.5. The summed E-state index contributed by atoms with van der Waals surface area (Å²) in [6.45, 7) is 21.3. The molecule has 0 aliphatic carbocycles. The molecule has 0 radical (unpaired) electrons. The lowest BCUT2D eigenvalue weighted by Gasteiger charge is -2.48. The summed E-state index contributed by atoms with van der Waals surface area (Å²) in [4.78, 5) is 0. The van der Waals surface area contributed by atoms with E-state index in [0.717, 1.165) is 25.7 Å². The summed E-state index contributed by atoms with van der Waals surface area (Å²) >= 11 is 0. The molecule has 6 rings (SSSR count). The number of fused-ring (bicyclic) bond motifs is 3. The van der Waals surface area contributed by atoms with E-state index in [-0.39, 0.29) is 16.4 Å². The summed E-state index contributed by atoms with van der Waals surface area (Å²) in [5.74, 6) is 0. The van der Waals surface area contributed by atoms with Crippen LogP contribution in [0.5, 0.6) is 0 Å². The Hall–Kier alpha value is -3.13. The number of aromatic nitrogens is 2. The number of nitrogens with zero attached hydrogens (tertiary/aromatic N) is 2. The van der Waals surface area contributed by atoms with Crippen LogP contribution in [0, 0.1) is 19.3 Å². The highest BCUT2D eigenvalue weighted by molar-refractivity contribution is 6.13. The molecule has 39 heavy (non-hydrogen) atoms. The van der Waals surface area contributed by atoms with E-state index in [4.69, 9.17) is 0 Å². The van der Waals surface area contributed by atoms with Crippen molar-refractivity contribution in [1.29, 1.82) is 0 Å². The van der Waals surface area contributed by atoms with Gasteiger partial charge in [0.1, 0.15) is 17.3 Å². The van der Waals surface area contributed by atoms with Gasteiger partial charge in [-0.15, -0.1) is 0 Å². The molecule has 0 bridgehead atoms. The smallest absolute Gasteiger partial charge is 0.223 e. The quantitative estimate of drug-likeness (QED) is 0.162. The van der Waals surface area contributed by atoms with Crippen molar-refractivity contribution in [3.8, 4) is 11.3 Å². The first-order valence-corrected chi connectivity index (χ1v) is 15.0. The van der Waals surface area contributed by atoms with Crippen LogP contribution in [0.15, 0.2) is 60.8 Å². The minimum atomic E-state index is 0.00295. The van der Waals surface area contributed by atoms with Crippen molar-refractivity contribution in [3.63, 3.8) is 0 Å². The Kier molecular flexibility index (Phi) is 5.81. The third-order valence-electron chi connectivity index (χ3n) is 10.2. The van der Waals surface area contributed by atoms with E-state index in [2.05, 4.69) is 132 Å². The van der Waals surface area contributed by atoms with Crippen LogP contribution >= 0.6 is 0 Å². The van der Waals surface area contributed by atoms with Crippen LogP contribution in [-0.2, 0) is 17.4 Å². The van der Waals surface area contributed by atoms with Gasteiger partial charge in [-0.25, -0.2) is 4.57 Å². The molecule has 5 aromatic rings. The van der Waals surface area contributed by atoms with Gasteiger partial charge in [0.05, 0.1) is 5.39 Å². The van der Waals surface area contributed by atoms with E-state index in [1.807, 2.05) is 0 Å². The van der Waals surface area contributed by atoms with Gasteiger partial charge in [0.15, 0.2) is 5.69 Å². The second-order valence-electron chi connectivity index (χ2n) is 13.6. The first-order chi connectivity index (χ1) is 18.5. The van der Waals surface area contributed by atoms with E-state index >= 15 is 0 Å². The molecule has 0 spiro atoms. The third-order valence-corrected chi connectivity index (χ3v) is 10.2. The fourth-order valence-corrected chi connectivity index (χ4v) is 8.26. The van der Waals surface area contributed by atoms with Crippen LogP contribution in [0.25, 0.3) is 38.6 Å². The van der Waals surface area contributed by atoms with Gasteiger partial charge in [-0.2, -0.15) is 4.40 Å². The average molecular weight is 518 g/mol. The van der Waals surface area contributed by atoms with Crippen LogP contribution in [-0.4, -0.2) is 4.40 Å². The average Bonchev–Trinajstić information content (AvgIpc) is 3.29. The SMILES string of the molecule is CCC1(C)c2cccc3c4cc(CC(C)(C)C)ccc4n4c(-c5c(C)cccc5C)c[n+](c4c23)C1(CC)CC. The first kappa shape index (κ1) is 26.1. The highest BCUT2D eigenvalue weighted by Crippen LogP contribution is 2.52. The molecule has 0 saturated carbocycles. The van der Waals surface area contributed by atoms with Gasteiger partial charge in [0.2, 0.25) is 0 Å². The molecule has 1 aliphatic rings. The molecule has 0 N–H and O–H groups in total. The van der Waals surface area contributed by atoms with E-state index in [1.54, 1.807) is 0 Å². The van der Waals surface area contributed by atoms with Gasteiger partial charge in [-0.05, 0) is 79.3 Å². The second kappa shape index (κ2) is 8.68. The molecule has 2 nitrogen and oxygen atoms in total. The summed E-state index contributed by atoms with van der Waals surface area (Å²) in [6.07, 6.45) is 6.90. The molecule has 0 fully saturated rings. The summed E-state index contributed by atoms with van der Waals surface area (Å²) in [7, 11) is 0. The maximum atomic E-state index is 2.72. The molecule has 1 aliphatic heterocycles. The topological polar surface area (TPSA) is 8.29 Å². The summed E-state index contributed by atoms with van der Waals surface area (Å²) in [6, 6.07) is 21.1. The second-order valence-corrected chi connectivity index (χ2v) is 13.6. The van der Waals surface area contributed by atoms with Gasteiger partial charge in [0, 0.05) is 21.8 Å². The van der Waals surface area contributed by atoms with Crippen molar-refractivity contribution in [1.82, 2.24) is 4.40 Å². The highest BCUT2D eigenvalue weighted by Gasteiger charge is 2.56. The zero-order chi connectivity index (χ0) is 27.9. The lowest BCUT2D eigenvalue weighted by Crippen LogP contribution is -2.67. The Labute approximate surface area is 234 Å². The van der Waals surface area contributed by atoms with Crippen molar-refractivity contribution in [2.45, 2.75) is 99.0 Å². The summed E-state index contributed by atoms with van der Waals surface area (Å²) < 4.78 is 5.34. The Balaban J connectivity index is 1.90. The molecule has 1 unspecified atom stereocenters. The van der Waals surface area contributed by atoms with E-state index in [0.29, 0.717) is 0 Å². The van der Waals surface area contributed by atoms with Gasteiger partial charge in [0.25, 0.3) is 5.65 Å². The fourth-order valence-electron chi connectivity index (χ4n) is 8.26. The first-order valence-electron chi connectivity index (χ1n) is 15.0. The molecule has 0 saturated heterocycles. The maximum Gasteiger partial charge on any atom is 0.296 e. The van der Waals surface area contributed by atoms with Gasteiger partial charge < -0.3 is 0 Å². The molecule has 0 amide bonds. The van der Waals surface area contributed by atoms with Crippen LogP contribution < -0.4 is 4.57 Å². The fraction of sp³-hybridized carbons (Fsp3) is 0.432. The van der Waals surface area contributed by atoms with Crippen molar-refractivity contribution in [2.24, 2.45) is 5.41 Å². The number of imidazole rings is 1. The Morgan fingerprint density at radius 3 is 2.10 bits per heavy atom. The lowest BCUT2D eigenvalue weighted by molar-refractivity contribution is -0.754. The predicted molar refractivity (Wildman–Crippen MR) is 167 cm³/mol. The molecule has 1 atom stereocenters. The molecular weight excluding hydrogens is 472 g/mol. The monoisotopic (exact) mass is 517 g/mol. The Morgan fingerprint density at radius 1 is 0.821 bits per heavy atom. The lowest BCUT2D eigenvalue weighted by atomic mass is 9.60. The third kappa shape index (κ3) is 3.43. The highest BCUT2D eigenvalue weighted by atomic mass is 15.2. The predicted octanol–water partition coefficient (Wildman–Crippen LogP) is 9.60. The summed E-state index contributed by atoms with van der Waals surface area (Å²) in [5, 5.41) is 4.21. The largest absolute Gasteiger partial charge is 0.296 e. The van der Waals surface area contributed by atoms with Crippen molar-refractivity contribution in [2.75, 3.05) is 0 Å². The molecule has 3 aromatic carbocycles. The number of hydrogen-bond donors (Lipinski definition) is 0. The molecule has 2 aromatic heterocycles. The van der Waals surface area contributed by atoms with Crippen molar-refractivity contribution < 1.29 is 4.57 Å². The summed E-state index contributed by atoms with van der Waals surface area (Å²) in [5.41, 5.74) is 11.2. The van der Waals surface area contributed by atoms with Gasteiger partial charge in [-0.3, -0.25) is 0 Å². The van der Waals surface area contributed by atoms with Crippen LogP contribution in [0.3, 0.4) is 0 Å². The number of rotatable bonds is 5. The van der Waals surface area contributed by atoms with E-state index in [9.17, 15) is 0 Å². The van der Waals surface area contributed by atoms with Crippen LogP contribution in [0.4, 0.5) is 0 Å². The van der Waals surface area contributed by atoms with Crippen molar-refractivity contribution in [3.05, 3.63) is 83.0 Å². The normalized spacial score (nSPS) is 18.6. The van der Waals surface area contributed by atoms with Gasteiger partial charge >= 0.3 is 0 Å². The number of hydrogen-bond acceptors (Lipinski definition) is 0. The van der Waals surface area contributed by atoms with E-state index in [1.165, 1.54) is 60.8 Å². The maximum absolute atomic E-state index is 2.72. The molecular formula is C37H45N2+. The Bertz CT molecular complexity index is 1740. The minimum Gasteiger partial charge on any atom is -0.223 e. The van der Waals surface area contributed by atoms with Crippen molar-refractivity contribution >= 4 is 27.3 Å². The molecule has 202 valence electrons. The number of pyridine rings is 1. The minimum absolute atomic E-state index is 0.00295. The van der Waals surface area contributed by atoms with Gasteiger partial charge in [-0.1, -0.05) is 90.9 Å². The zero-order valence-corrected chi connectivity index (χ0v) is 25.5. The molecule has 2 heteroatoms. The number of benzene rings is 3.